The summed E-state index contributed by atoms with van der Waals surface area (Å²) in [6.45, 7) is 2.01. The molecule has 0 aliphatic heterocycles. The van der Waals surface area contributed by atoms with Crippen molar-refractivity contribution in [2.24, 2.45) is 0 Å². The highest BCUT2D eigenvalue weighted by Crippen LogP contribution is 2.19. The maximum absolute atomic E-state index is 5.05. The van der Waals surface area contributed by atoms with Crippen LogP contribution in [0.2, 0.25) is 0 Å². The van der Waals surface area contributed by atoms with Crippen molar-refractivity contribution in [2.75, 3.05) is 26.0 Å². The van der Waals surface area contributed by atoms with E-state index in [0.29, 0.717) is 17.5 Å². The fourth-order valence-corrected chi connectivity index (χ4v) is 2.56. The Morgan fingerprint density at radius 1 is 1.29 bits per heavy atom. The largest absolute Gasteiger partial charge is 0.480 e. The fraction of sp³-hybridized carbons (Fsp3) is 0.438. The van der Waals surface area contributed by atoms with Gasteiger partial charge in [0.05, 0.1) is 13.3 Å². The molecule has 0 aliphatic rings. The maximum atomic E-state index is 5.05. The first-order valence-electron chi connectivity index (χ1n) is 8.13. The monoisotopic (exact) mass is 329 g/mol. The normalized spacial score (nSPS) is 11.1. The molecule has 0 bridgehead atoms. The van der Waals surface area contributed by atoms with Crippen molar-refractivity contribution in [3.63, 3.8) is 0 Å². The zero-order valence-electron chi connectivity index (χ0n) is 14.0. The minimum absolute atomic E-state index is 0.525. The van der Waals surface area contributed by atoms with E-state index in [0.717, 1.165) is 30.7 Å². The SMILES string of the molecule is CNCCCCCn1ccc2ncc(Nc3cc(OC)n[nH]3)nc21. The van der Waals surface area contributed by atoms with E-state index in [-0.39, 0.29) is 0 Å². The third kappa shape index (κ3) is 3.83. The van der Waals surface area contributed by atoms with Crippen LogP contribution >= 0.6 is 0 Å². The Labute approximate surface area is 140 Å². The Kier molecular flexibility index (Phi) is 5.27. The Morgan fingerprint density at radius 3 is 3.00 bits per heavy atom. The highest BCUT2D eigenvalue weighted by molar-refractivity contribution is 5.73. The molecular formula is C16H23N7O. The van der Waals surface area contributed by atoms with Crippen molar-refractivity contribution in [2.45, 2.75) is 25.8 Å². The number of methoxy groups -OCH3 is 1. The van der Waals surface area contributed by atoms with E-state index >= 15 is 0 Å². The summed E-state index contributed by atoms with van der Waals surface area (Å²) in [5, 5.41) is 13.2. The average molecular weight is 329 g/mol. The predicted octanol–water partition coefficient (Wildman–Crippen LogP) is 2.30. The summed E-state index contributed by atoms with van der Waals surface area (Å²) >= 11 is 0. The van der Waals surface area contributed by atoms with Gasteiger partial charge in [0.25, 0.3) is 0 Å². The topological polar surface area (TPSA) is 92.7 Å². The minimum Gasteiger partial charge on any atom is -0.480 e. The van der Waals surface area contributed by atoms with E-state index in [1.165, 1.54) is 12.8 Å². The van der Waals surface area contributed by atoms with E-state index in [9.17, 15) is 0 Å². The quantitative estimate of drug-likeness (QED) is 0.522. The van der Waals surface area contributed by atoms with Crippen LogP contribution in [0.3, 0.4) is 0 Å². The molecule has 0 amide bonds. The second-order valence-corrected chi connectivity index (χ2v) is 5.59. The van der Waals surface area contributed by atoms with Crippen molar-refractivity contribution >= 4 is 22.8 Å². The molecule has 0 spiro atoms. The van der Waals surface area contributed by atoms with Gasteiger partial charge in [0.15, 0.2) is 11.5 Å². The molecule has 3 N–H and O–H groups in total. The third-order valence-electron chi connectivity index (χ3n) is 3.82. The number of ether oxygens (including phenoxy) is 1. The molecule has 0 saturated heterocycles. The number of nitrogens with one attached hydrogen (secondary N) is 3. The second-order valence-electron chi connectivity index (χ2n) is 5.59. The van der Waals surface area contributed by atoms with Gasteiger partial charge in [0.2, 0.25) is 5.88 Å². The molecule has 8 nitrogen and oxygen atoms in total. The summed E-state index contributed by atoms with van der Waals surface area (Å²) in [5.41, 5.74) is 1.79. The van der Waals surface area contributed by atoms with Gasteiger partial charge in [0.1, 0.15) is 11.3 Å². The molecular weight excluding hydrogens is 306 g/mol. The number of H-pyrrole nitrogens is 1. The molecule has 0 aliphatic carbocycles. The molecule has 3 heterocycles. The second kappa shape index (κ2) is 7.78. The molecule has 3 aromatic heterocycles. The number of aromatic amines is 1. The van der Waals surface area contributed by atoms with Crippen LogP contribution in [0.5, 0.6) is 5.88 Å². The number of rotatable bonds is 9. The summed E-state index contributed by atoms with van der Waals surface area (Å²) in [6, 6.07) is 3.77. The number of hydrogen-bond acceptors (Lipinski definition) is 6. The molecule has 3 rings (SSSR count). The van der Waals surface area contributed by atoms with E-state index in [1.807, 2.05) is 19.3 Å². The summed E-state index contributed by atoms with van der Waals surface area (Å²) < 4.78 is 7.21. The number of aryl methyl sites for hydroxylation is 1. The molecule has 24 heavy (non-hydrogen) atoms. The number of unbranched alkanes of at least 4 members (excludes halogenated alkanes) is 2. The van der Waals surface area contributed by atoms with Crippen LogP contribution in [-0.2, 0) is 6.54 Å². The molecule has 0 unspecified atom stereocenters. The van der Waals surface area contributed by atoms with Gasteiger partial charge in [-0.3, -0.25) is 5.10 Å². The van der Waals surface area contributed by atoms with Gasteiger partial charge in [-0.05, 0) is 32.5 Å². The van der Waals surface area contributed by atoms with Crippen LogP contribution < -0.4 is 15.4 Å². The highest BCUT2D eigenvalue weighted by Gasteiger charge is 2.07. The number of nitrogens with zero attached hydrogens (tertiary/aromatic N) is 4. The smallest absolute Gasteiger partial charge is 0.234 e. The van der Waals surface area contributed by atoms with Crippen molar-refractivity contribution in [1.82, 2.24) is 30.0 Å². The first-order valence-corrected chi connectivity index (χ1v) is 8.13. The van der Waals surface area contributed by atoms with Gasteiger partial charge in [-0.2, -0.15) is 0 Å². The number of aromatic nitrogens is 5. The lowest BCUT2D eigenvalue weighted by Crippen LogP contribution is -2.07. The first kappa shape index (κ1) is 16.3. The van der Waals surface area contributed by atoms with Gasteiger partial charge in [-0.1, -0.05) is 6.42 Å². The molecule has 0 radical (unpaired) electrons. The minimum atomic E-state index is 0.525. The lowest BCUT2D eigenvalue weighted by Gasteiger charge is -2.06. The van der Waals surface area contributed by atoms with Crippen LogP contribution in [0.15, 0.2) is 24.5 Å². The van der Waals surface area contributed by atoms with Crippen LogP contribution in [0, 0.1) is 0 Å². The standard InChI is InChI=1S/C16H23N7O/c1-17-7-4-3-5-8-23-9-6-12-16(23)20-14(11-18-12)19-13-10-15(24-2)22-21-13/h6,9-11,17H,3-5,7-8H2,1-2H3,(H2,19,20,21,22). The molecule has 0 fully saturated rings. The number of fused-ring (bicyclic) bond motifs is 1. The summed E-state index contributed by atoms with van der Waals surface area (Å²) in [5.74, 6) is 1.91. The van der Waals surface area contributed by atoms with Crippen LogP contribution in [0.25, 0.3) is 11.2 Å². The summed E-state index contributed by atoms with van der Waals surface area (Å²) in [4.78, 5) is 9.13. The van der Waals surface area contributed by atoms with E-state index < -0.39 is 0 Å². The van der Waals surface area contributed by atoms with Gasteiger partial charge in [-0.15, -0.1) is 5.10 Å². The van der Waals surface area contributed by atoms with E-state index in [2.05, 4.69) is 35.4 Å². The molecule has 0 aromatic carbocycles. The summed E-state index contributed by atoms with van der Waals surface area (Å²) in [6.07, 6.45) is 7.27. The predicted molar refractivity (Wildman–Crippen MR) is 93.7 cm³/mol. The molecule has 8 heteroatoms. The molecule has 3 aromatic rings. The highest BCUT2D eigenvalue weighted by atomic mass is 16.5. The van der Waals surface area contributed by atoms with Gasteiger partial charge >= 0.3 is 0 Å². The van der Waals surface area contributed by atoms with Crippen molar-refractivity contribution in [3.05, 3.63) is 24.5 Å². The van der Waals surface area contributed by atoms with Crippen molar-refractivity contribution in [1.29, 1.82) is 0 Å². The van der Waals surface area contributed by atoms with Crippen LogP contribution in [0.4, 0.5) is 11.6 Å². The average Bonchev–Trinajstić information content (AvgIpc) is 3.21. The lowest BCUT2D eigenvalue weighted by atomic mass is 10.2. The lowest BCUT2D eigenvalue weighted by molar-refractivity contribution is 0.397. The Morgan fingerprint density at radius 2 is 2.21 bits per heavy atom. The maximum Gasteiger partial charge on any atom is 0.234 e. The van der Waals surface area contributed by atoms with Crippen molar-refractivity contribution in [3.8, 4) is 5.88 Å². The molecule has 0 saturated carbocycles. The van der Waals surface area contributed by atoms with Gasteiger partial charge in [-0.25, -0.2) is 9.97 Å². The van der Waals surface area contributed by atoms with Crippen LogP contribution in [0.1, 0.15) is 19.3 Å². The fourth-order valence-electron chi connectivity index (χ4n) is 2.56. The van der Waals surface area contributed by atoms with Crippen LogP contribution in [-0.4, -0.2) is 45.4 Å². The number of hydrogen-bond donors (Lipinski definition) is 3. The third-order valence-corrected chi connectivity index (χ3v) is 3.82. The zero-order chi connectivity index (χ0) is 16.8. The Balaban J connectivity index is 1.68. The van der Waals surface area contributed by atoms with E-state index in [1.54, 1.807) is 19.4 Å². The van der Waals surface area contributed by atoms with Crippen molar-refractivity contribution < 1.29 is 4.74 Å². The molecule has 0 atom stereocenters. The Hall–Kier alpha value is -2.61. The number of anilines is 2. The molecule has 128 valence electrons. The first-order chi connectivity index (χ1) is 11.8. The van der Waals surface area contributed by atoms with E-state index in [4.69, 9.17) is 4.74 Å². The Bertz CT molecular complexity index is 780. The zero-order valence-corrected chi connectivity index (χ0v) is 14.0. The summed E-state index contributed by atoms with van der Waals surface area (Å²) in [7, 11) is 3.56. The van der Waals surface area contributed by atoms with Gasteiger partial charge < -0.3 is 19.9 Å². The van der Waals surface area contributed by atoms with Gasteiger partial charge in [0, 0.05) is 18.8 Å².